The first-order valence-corrected chi connectivity index (χ1v) is 7.47. The Labute approximate surface area is 122 Å². The van der Waals surface area contributed by atoms with Gasteiger partial charge >= 0.3 is 0 Å². The third-order valence-electron chi connectivity index (χ3n) is 4.27. The summed E-state index contributed by atoms with van der Waals surface area (Å²) in [6.07, 6.45) is 0. The van der Waals surface area contributed by atoms with Crippen molar-refractivity contribution >= 4 is 5.84 Å². The summed E-state index contributed by atoms with van der Waals surface area (Å²) in [7, 11) is 0. The second-order valence-corrected chi connectivity index (χ2v) is 5.66. The molecule has 4 nitrogen and oxygen atoms in total. The third kappa shape index (κ3) is 3.58. The molecule has 2 atom stereocenters. The maximum Gasteiger partial charge on any atom is 0.0995 e. The monoisotopic (exact) mass is 274 g/mol. The van der Waals surface area contributed by atoms with Crippen LogP contribution in [0.15, 0.2) is 30.3 Å². The second-order valence-electron chi connectivity index (χ2n) is 5.66. The van der Waals surface area contributed by atoms with Crippen LogP contribution in [-0.4, -0.2) is 54.4 Å². The van der Waals surface area contributed by atoms with Gasteiger partial charge in [0.2, 0.25) is 0 Å². The van der Waals surface area contributed by atoms with Crippen molar-refractivity contribution in [2.75, 3.05) is 32.7 Å². The normalized spacial score (nSPS) is 22.6. The van der Waals surface area contributed by atoms with Gasteiger partial charge in [-0.25, -0.2) is 0 Å². The number of nitrogens with two attached hydrogens (primary N) is 1. The van der Waals surface area contributed by atoms with Crippen molar-refractivity contribution in [1.29, 1.82) is 5.41 Å². The predicted molar refractivity (Wildman–Crippen MR) is 84.2 cm³/mol. The molecule has 0 bridgehead atoms. The average molecular weight is 274 g/mol. The summed E-state index contributed by atoms with van der Waals surface area (Å²) in [4.78, 5) is 4.94. The first-order valence-electron chi connectivity index (χ1n) is 7.47. The van der Waals surface area contributed by atoms with Gasteiger partial charge in [0, 0.05) is 32.2 Å². The molecule has 0 radical (unpaired) electrons. The van der Waals surface area contributed by atoms with Gasteiger partial charge in [-0.2, -0.15) is 0 Å². The van der Waals surface area contributed by atoms with Crippen LogP contribution in [-0.2, 0) is 0 Å². The number of benzene rings is 1. The van der Waals surface area contributed by atoms with Crippen LogP contribution < -0.4 is 5.73 Å². The van der Waals surface area contributed by atoms with Crippen LogP contribution in [0.25, 0.3) is 0 Å². The lowest BCUT2D eigenvalue weighted by Crippen LogP contribution is -2.53. The Bertz CT molecular complexity index is 431. The summed E-state index contributed by atoms with van der Waals surface area (Å²) >= 11 is 0. The minimum absolute atomic E-state index is 0.0107. The Morgan fingerprint density at radius 1 is 1.35 bits per heavy atom. The fourth-order valence-corrected chi connectivity index (χ4v) is 3.03. The van der Waals surface area contributed by atoms with E-state index in [4.69, 9.17) is 11.1 Å². The van der Waals surface area contributed by atoms with Crippen molar-refractivity contribution in [2.24, 2.45) is 5.73 Å². The Balaban J connectivity index is 2.01. The molecular weight excluding hydrogens is 248 g/mol. The molecule has 1 aromatic carbocycles. The highest BCUT2D eigenvalue weighted by Crippen LogP contribution is 2.19. The quantitative estimate of drug-likeness (QED) is 0.635. The number of rotatable bonds is 5. The van der Waals surface area contributed by atoms with E-state index in [1.165, 1.54) is 0 Å². The lowest BCUT2D eigenvalue weighted by atomic mass is 9.97. The fraction of sp³-hybridized carbons (Fsp3) is 0.562. The zero-order chi connectivity index (χ0) is 14.5. The zero-order valence-electron chi connectivity index (χ0n) is 12.5. The van der Waals surface area contributed by atoms with E-state index in [0.29, 0.717) is 6.04 Å². The number of piperazine rings is 1. The number of hydrogen-bond acceptors (Lipinski definition) is 3. The Kier molecular flexibility index (Phi) is 5.15. The molecular formula is C16H26N4. The van der Waals surface area contributed by atoms with Crippen molar-refractivity contribution in [3.05, 3.63) is 35.9 Å². The maximum atomic E-state index is 7.87. The summed E-state index contributed by atoms with van der Waals surface area (Å²) < 4.78 is 0. The van der Waals surface area contributed by atoms with Crippen LogP contribution in [0.4, 0.5) is 0 Å². The van der Waals surface area contributed by atoms with Crippen LogP contribution in [0.5, 0.6) is 0 Å². The van der Waals surface area contributed by atoms with Gasteiger partial charge in [0.15, 0.2) is 0 Å². The van der Waals surface area contributed by atoms with Gasteiger partial charge in [0.25, 0.3) is 0 Å². The predicted octanol–water partition coefficient (Wildman–Crippen LogP) is 1.73. The minimum atomic E-state index is 0.0107. The molecule has 0 saturated carbocycles. The first kappa shape index (κ1) is 15.0. The molecule has 1 aromatic rings. The second kappa shape index (κ2) is 6.86. The van der Waals surface area contributed by atoms with E-state index in [2.05, 4.69) is 35.8 Å². The smallest absolute Gasteiger partial charge is 0.0995 e. The highest BCUT2D eigenvalue weighted by Gasteiger charge is 2.25. The molecule has 1 saturated heterocycles. The Hall–Kier alpha value is -1.39. The maximum absolute atomic E-state index is 7.87. The fourth-order valence-electron chi connectivity index (χ4n) is 3.03. The topological polar surface area (TPSA) is 56.4 Å². The average Bonchev–Trinajstić information content (AvgIpc) is 2.45. The molecule has 2 unspecified atom stereocenters. The van der Waals surface area contributed by atoms with Crippen molar-refractivity contribution in [1.82, 2.24) is 9.80 Å². The number of nitrogens with one attached hydrogen (secondary N) is 1. The molecule has 3 N–H and O–H groups in total. The summed E-state index contributed by atoms with van der Waals surface area (Å²) in [5.41, 5.74) is 6.96. The van der Waals surface area contributed by atoms with Crippen LogP contribution in [0.1, 0.15) is 25.3 Å². The molecule has 20 heavy (non-hydrogen) atoms. The summed E-state index contributed by atoms with van der Waals surface area (Å²) in [6, 6.07) is 10.8. The summed E-state index contributed by atoms with van der Waals surface area (Å²) in [5.74, 6) is 0.276. The molecule has 1 aliphatic rings. The molecule has 0 amide bonds. The standard InChI is InChI=1S/C16H26N4/c1-3-20-10-9-19(11-13(20)2)12-15(16(17)18)14-7-5-4-6-8-14/h4-8,13,15H,3,9-12H2,1-2H3,(H3,17,18). The highest BCUT2D eigenvalue weighted by molar-refractivity contribution is 5.84. The van der Waals surface area contributed by atoms with E-state index in [1.807, 2.05) is 18.2 Å². The van der Waals surface area contributed by atoms with Gasteiger partial charge in [-0.15, -0.1) is 0 Å². The Morgan fingerprint density at radius 2 is 2.05 bits per heavy atom. The Morgan fingerprint density at radius 3 is 2.60 bits per heavy atom. The van der Waals surface area contributed by atoms with Crippen molar-refractivity contribution in [3.8, 4) is 0 Å². The van der Waals surface area contributed by atoms with E-state index in [9.17, 15) is 0 Å². The summed E-state index contributed by atoms with van der Waals surface area (Å²) in [6.45, 7) is 9.69. The van der Waals surface area contributed by atoms with Crippen LogP contribution in [0.2, 0.25) is 0 Å². The molecule has 0 aromatic heterocycles. The van der Waals surface area contributed by atoms with Gasteiger partial charge in [-0.05, 0) is 19.0 Å². The lowest BCUT2D eigenvalue weighted by Gasteiger charge is -2.40. The number of amidine groups is 1. The SMILES string of the molecule is CCN1CCN(CC(C(=N)N)c2ccccc2)CC1C. The molecule has 2 rings (SSSR count). The minimum Gasteiger partial charge on any atom is -0.387 e. The van der Waals surface area contributed by atoms with Crippen molar-refractivity contribution in [3.63, 3.8) is 0 Å². The van der Waals surface area contributed by atoms with Crippen molar-refractivity contribution < 1.29 is 0 Å². The molecule has 1 fully saturated rings. The van der Waals surface area contributed by atoms with Crippen molar-refractivity contribution in [2.45, 2.75) is 25.8 Å². The van der Waals surface area contributed by atoms with E-state index in [0.717, 1.165) is 38.3 Å². The van der Waals surface area contributed by atoms with Crippen LogP contribution >= 0.6 is 0 Å². The van der Waals surface area contributed by atoms with E-state index in [1.54, 1.807) is 0 Å². The van der Waals surface area contributed by atoms with E-state index < -0.39 is 0 Å². The molecule has 1 aliphatic heterocycles. The van der Waals surface area contributed by atoms with Gasteiger partial charge < -0.3 is 5.73 Å². The number of likely N-dealkylation sites (N-methyl/N-ethyl adjacent to an activating group) is 1. The van der Waals surface area contributed by atoms with Gasteiger partial charge in [0.1, 0.15) is 0 Å². The zero-order valence-corrected chi connectivity index (χ0v) is 12.5. The third-order valence-corrected chi connectivity index (χ3v) is 4.27. The highest BCUT2D eigenvalue weighted by atomic mass is 15.3. The van der Waals surface area contributed by atoms with Crippen LogP contribution in [0, 0.1) is 5.41 Å². The molecule has 0 aliphatic carbocycles. The van der Waals surface area contributed by atoms with Gasteiger partial charge in [0.05, 0.1) is 11.8 Å². The molecule has 1 heterocycles. The van der Waals surface area contributed by atoms with E-state index >= 15 is 0 Å². The van der Waals surface area contributed by atoms with Gasteiger partial charge in [-0.1, -0.05) is 37.3 Å². The van der Waals surface area contributed by atoms with Gasteiger partial charge in [-0.3, -0.25) is 15.2 Å². The lowest BCUT2D eigenvalue weighted by molar-refractivity contribution is 0.0873. The molecule has 110 valence electrons. The summed E-state index contributed by atoms with van der Waals surface area (Å²) in [5, 5.41) is 7.87. The first-order chi connectivity index (χ1) is 9.61. The van der Waals surface area contributed by atoms with E-state index in [-0.39, 0.29) is 11.8 Å². The number of hydrogen-bond donors (Lipinski definition) is 2. The number of nitrogens with zero attached hydrogens (tertiary/aromatic N) is 2. The largest absolute Gasteiger partial charge is 0.387 e. The molecule has 0 spiro atoms. The molecule has 4 heteroatoms. The van der Waals surface area contributed by atoms with Crippen LogP contribution in [0.3, 0.4) is 0 Å².